The molecular weight excluding hydrogens is 202 g/mol. The van der Waals surface area contributed by atoms with Gasteiger partial charge in [-0.25, -0.2) is 0 Å². The first-order valence-electron chi connectivity index (χ1n) is 5.11. The van der Waals surface area contributed by atoms with Crippen molar-refractivity contribution < 1.29 is 4.79 Å². The number of carbonyl (C=O) groups is 1. The Morgan fingerprint density at radius 1 is 1.19 bits per heavy atom. The minimum absolute atomic E-state index is 0.00727. The number of carbonyl (C=O) groups excluding carboxylic acids is 1. The summed E-state index contributed by atoms with van der Waals surface area (Å²) in [6, 6.07) is 5.07. The number of benzene rings is 1. The Morgan fingerprint density at radius 2 is 2.06 bits per heavy atom. The smallest absolute Gasteiger partial charge is 0.189 e. The number of nitrogens with one attached hydrogen (secondary N) is 1. The summed E-state index contributed by atoms with van der Waals surface area (Å²) in [6.45, 7) is 0. The highest BCUT2D eigenvalue weighted by Gasteiger charge is 2.14. The molecule has 0 radical (unpaired) electrons. The molecular formula is C13H9NO2. The Labute approximate surface area is 91.4 Å². The van der Waals surface area contributed by atoms with E-state index in [-0.39, 0.29) is 11.2 Å². The topological polar surface area (TPSA) is 49.9 Å². The molecule has 1 aliphatic carbocycles. The van der Waals surface area contributed by atoms with Gasteiger partial charge in [-0.05, 0) is 30.2 Å². The van der Waals surface area contributed by atoms with E-state index in [1.54, 1.807) is 18.3 Å². The van der Waals surface area contributed by atoms with Crippen molar-refractivity contribution in [2.24, 2.45) is 0 Å². The number of H-pyrrole nitrogens is 1. The summed E-state index contributed by atoms with van der Waals surface area (Å²) < 4.78 is 0. The molecule has 0 fully saturated rings. The number of aromatic nitrogens is 1. The quantitative estimate of drug-likeness (QED) is 0.722. The third-order valence-corrected chi connectivity index (χ3v) is 2.85. The Morgan fingerprint density at radius 3 is 2.94 bits per heavy atom. The summed E-state index contributed by atoms with van der Waals surface area (Å²) in [7, 11) is 0. The number of rotatable bonds is 0. The van der Waals surface area contributed by atoms with Crippen LogP contribution in [0.4, 0.5) is 0 Å². The molecule has 3 nitrogen and oxygen atoms in total. The van der Waals surface area contributed by atoms with Crippen LogP contribution >= 0.6 is 0 Å². The Hall–Kier alpha value is -2.16. The number of fused-ring (bicyclic) bond motifs is 2. The van der Waals surface area contributed by atoms with Crippen molar-refractivity contribution in [3.63, 3.8) is 0 Å². The van der Waals surface area contributed by atoms with Crippen LogP contribution in [0, 0.1) is 0 Å². The van der Waals surface area contributed by atoms with Crippen LogP contribution in [0.5, 0.6) is 0 Å². The lowest BCUT2D eigenvalue weighted by atomic mass is 9.94. The van der Waals surface area contributed by atoms with Gasteiger partial charge in [-0.15, -0.1) is 0 Å². The number of hydrogen-bond acceptors (Lipinski definition) is 2. The highest BCUT2D eigenvalue weighted by atomic mass is 16.1. The van der Waals surface area contributed by atoms with Gasteiger partial charge in [0.05, 0.1) is 5.52 Å². The Bertz CT molecular complexity index is 680. The maximum atomic E-state index is 11.6. The lowest BCUT2D eigenvalue weighted by molar-refractivity contribution is 0.104. The molecule has 0 atom stereocenters. The average Bonchev–Trinajstić information content (AvgIpc) is 2.29. The number of pyridine rings is 1. The normalized spacial score (nSPS) is 14.1. The first kappa shape index (κ1) is 9.09. The molecule has 1 aromatic heterocycles. The van der Waals surface area contributed by atoms with Crippen LogP contribution in [0.15, 0.2) is 41.3 Å². The lowest BCUT2D eigenvalue weighted by Crippen LogP contribution is -2.08. The summed E-state index contributed by atoms with van der Waals surface area (Å²) in [4.78, 5) is 26.2. The van der Waals surface area contributed by atoms with Gasteiger partial charge in [-0.2, -0.15) is 0 Å². The van der Waals surface area contributed by atoms with Crippen molar-refractivity contribution in [3.05, 3.63) is 57.9 Å². The standard InChI is InChI=1S/C13H9NO2/c15-12-3-1-2-8-6-10-11(7-9(8)12)14-5-4-13(10)16/h1,3-7H,2H2,(H,14,16). The van der Waals surface area contributed by atoms with Crippen molar-refractivity contribution in [1.82, 2.24) is 4.98 Å². The van der Waals surface area contributed by atoms with Crippen LogP contribution in [0.2, 0.25) is 0 Å². The highest BCUT2D eigenvalue weighted by Crippen LogP contribution is 2.20. The molecule has 1 N–H and O–H groups in total. The predicted octanol–water partition coefficient (Wildman–Crippen LogP) is 1.82. The molecule has 1 aliphatic rings. The van der Waals surface area contributed by atoms with Gasteiger partial charge in [0.15, 0.2) is 11.2 Å². The lowest BCUT2D eigenvalue weighted by Gasteiger charge is -2.10. The van der Waals surface area contributed by atoms with E-state index in [9.17, 15) is 9.59 Å². The van der Waals surface area contributed by atoms with Crippen LogP contribution in [-0.4, -0.2) is 10.8 Å². The molecule has 0 saturated heterocycles. The minimum Gasteiger partial charge on any atom is -0.361 e. The predicted molar refractivity (Wildman–Crippen MR) is 61.7 cm³/mol. The first-order chi connectivity index (χ1) is 7.75. The summed E-state index contributed by atoms with van der Waals surface area (Å²) in [5.41, 5.74) is 2.32. The molecule has 3 rings (SSSR count). The van der Waals surface area contributed by atoms with E-state index in [1.807, 2.05) is 12.1 Å². The van der Waals surface area contributed by atoms with Gasteiger partial charge in [0.25, 0.3) is 0 Å². The van der Waals surface area contributed by atoms with Crippen molar-refractivity contribution in [2.45, 2.75) is 6.42 Å². The van der Waals surface area contributed by atoms with Crippen LogP contribution in [0.3, 0.4) is 0 Å². The monoisotopic (exact) mass is 211 g/mol. The second-order valence-electron chi connectivity index (χ2n) is 3.87. The summed E-state index contributed by atoms with van der Waals surface area (Å²) >= 11 is 0. The summed E-state index contributed by atoms with van der Waals surface area (Å²) in [6.07, 6.45) is 5.72. The maximum absolute atomic E-state index is 11.6. The second kappa shape index (κ2) is 3.17. The molecule has 1 aromatic carbocycles. The van der Waals surface area contributed by atoms with Gasteiger partial charge in [-0.1, -0.05) is 6.08 Å². The van der Waals surface area contributed by atoms with Crippen LogP contribution < -0.4 is 5.43 Å². The van der Waals surface area contributed by atoms with E-state index in [2.05, 4.69) is 4.98 Å². The molecule has 1 heterocycles. The third-order valence-electron chi connectivity index (χ3n) is 2.85. The van der Waals surface area contributed by atoms with Gasteiger partial charge in [0.1, 0.15) is 0 Å². The molecule has 0 aliphatic heterocycles. The van der Waals surface area contributed by atoms with E-state index in [4.69, 9.17) is 0 Å². The van der Waals surface area contributed by atoms with E-state index in [0.717, 1.165) is 11.1 Å². The van der Waals surface area contributed by atoms with Gasteiger partial charge in [0, 0.05) is 23.2 Å². The van der Waals surface area contributed by atoms with Gasteiger partial charge < -0.3 is 4.98 Å². The fraction of sp³-hybridized carbons (Fsp3) is 0.0769. The fourth-order valence-corrected chi connectivity index (χ4v) is 2.05. The van der Waals surface area contributed by atoms with Crippen molar-refractivity contribution >= 4 is 16.7 Å². The highest BCUT2D eigenvalue weighted by molar-refractivity contribution is 6.08. The summed E-state index contributed by atoms with van der Waals surface area (Å²) in [5.74, 6) is 0.00727. The molecule has 16 heavy (non-hydrogen) atoms. The zero-order valence-electron chi connectivity index (χ0n) is 8.49. The number of hydrogen-bond donors (Lipinski definition) is 1. The molecule has 0 spiro atoms. The number of allylic oxidation sites excluding steroid dienone is 2. The zero-order valence-corrected chi connectivity index (χ0v) is 8.49. The molecule has 0 unspecified atom stereocenters. The van der Waals surface area contributed by atoms with E-state index in [1.165, 1.54) is 6.07 Å². The van der Waals surface area contributed by atoms with E-state index >= 15 is 0 Å². The zero-order chi connectivity index (χ0) is 11.1. The fourth-order valence-electron chi connectivity index (χ4n) is 2.05. The first-order valence-corrected chi connectivity index (χ1v) is 5.11. The second-order valence-corrected chi connectivity index (χ2v) is 3.87. The molecule has 2 aromatic rings. The van der Waals surface area contributed by atoms with Crippen LogP contribution in [0.1, 0.15) is 15.9 Å². The Balaban J connectivity index is 2.42. The van der Waals surface area contributed by atoms with E-state index in [0.29, 0.717) is 17.4 Å². The molecule has 3 heteroatoms. The SMILES string of the molecule is O=C1C=CCc2cc3c(=O)cc[nH]c3cc21. The van der Waals surface area contributed by atoms with Crippen molar-refractivity contribution in [1.29, 1.82) is 0 Å². The van der Waals surface area contributed by atoms with Gasteiger partial charge in [-0.3, -0.25) is 9.59 Å². The average molecular weight is 211 g/mol. The van der Waals surface area contributed by atoms with Gasteiger partial charge in [0.2, 0.25) is 0 Å². The van der Waals surface area contributed by atoms with Crippen LogP contribution in [0.25, 0.3) is 10.9 Å². The summed E-state index contributed by atoms with van der Waals surface area (Å²) in [5, 5.41) is 0.643. The van der Waals surface area contributed by atoms with E-state index < -0.39 is 0 Å². The minimum atomic E-state index is -0.0152. The number of ketones is 1. The van der Waals surface area contributed by atoms with Gasteiger partial charge >= 0.3 is 0 Å². The van der Waals surface area contributed by atoms with Crippen molar-refractivity contribution in [3.8, 4) is 0 Å². The molecule has 0 amide bonds. The third kappa shape index (κ3) is 1.21. The van der Waals surface area contributed by atoms with Crippen LogP contribution in [-0.2, 0) is 6.42 Å². The number of aromatic amines is 1. The molecule has 78 valence electrons. The van der Waals surface area contributed by atoms with Crippen molar-refractivity contribution in [2.75, 3.05) is 0 Å². The molecule has 0 bridgehead atoms. The Kier molecular flexibility index (Phi) is 1.80. The molecule has 0 saturated carbocycles. The largest absolute Gasteiger partial charge is 0.361 e. The maximum Gasteiger partial charge on any atom is 0.189 e.